The number of alkyl halides is 1. The molecule has 0 aliphatic carbocycles. The van der Waals surface area contributed by atoms with Crippen LogP contribution in [0, 0.1) is 0 Å². The summed E-state index contributed by atoms with van der Waals surface area (Å²) in [6, 6.07) is 0. The number of halogens is 1. The molecule has 1 rings (SSSR count). The molecule has 0 saturated heterocycles. The Hall–Kier alpha value is -0.250. The van der Waals surface area contributed by atoms with Gasteiger partial charge in [0.1, 0.15) is 5.04 Å². The number of nitrogens with zero attached hydrogens (tertiary/aromatic N) is 1. The van der Waals surface area contributed by atoms with Crippen LogP contribution in [0.2, 0.25) is 0 Å². The molecule has 1 atom stereocenters. The molecule has 0 bridgehead atoms. The van der Waals surface area contributed by atoms with Crippen molar-refractivity contribution in [3.63, 3.8) is 0 Å². The summed E-state index contributed by atoms with van der Waals surface area (Å²) in [5.41, 5.74) is -0.924. The highest BCUT2D eigenvalue weighted by Crippen LogP contribution is 2.18. The molecule has 0 spiro atoms. The monoisotopic (exact) mass is 135 g/mol. The maximum absolute atomic E-state index is 12.2. The molecule has 4 heteroatoms. The van der Waals surface area contributed by atoms with E-state index < -0.39 is 5.50 Å². The number of hydrogen-bond donors (Lipinski definition) is 0. The van der Waals surface area contributed by atoms with Crippen LogP contribution in [0.3, 0.4) is 0 Å². The van der Waals surface area contributed by atoms with Crippen LogP contribution in [0.4, 0.5) is 4.39 Å². The Morgan fingerprint density at radius 3 is 3.12 bits per heavy atom. The van der Waals surface area contributed by atoms with Crippen molar-refractivity contribution in [2.24, 2.45) is 5.16 Å². The van der Waals surface area contributed by atoms with Gasteiger partial charge in [-0.15, -0.1) is 0 Å². The van der Waals surface area contributed by atoms with Crippen molar-refractivity contribution < 1.29 is 9.23 Å². The predicted molar refractivity (Wildman–Crippen MR) is 31.5 cm³/mol. The second kappa shape index (κ2) is 2.35. The molecule has 0 radical (unpaired) electrons. The van der Waals surface area contributed by atoms with E-state index in [0.29, 0.717) is 5.04 Å². The van der Waals surface area contributed by atoms with E-state index in [-0.39, 0.29) is 6.61 Å². The minimum atomic E-state index is -0.924. The molecule has 0 amide bonds. The van der Waals surface area contributed by atoms with Crippen molar-refractivity contribution in [1.29, 1.82) is 0 Å². The summed E-state index contributed by atoms with van der Waals surface area (Å²) < 4.78 is 12.2. The van der Waals surface area contributed by atoms with Gasteiger partial charge in [0.15, 0.2) is 12.1 Å². The molecule has 1 aliphatic heterocycles. The summed E-state index contributed by atoms with van der Waals surface area (Å²) in [4.78, 5) is 4.49. The van der Waals surface area contributed by atoms with Crippen molar-refractivity contribution in [1.82, 2.24) is 0 Å². The van der Waals surface area contributed by atoms with Gasteiger partial charge in [-0.3, -0.25) is 0 Å². The summed E-state index contributed by atoms with van der Waals surface area (Å²) in [6.45, 7) is 1.80. The molecule has 0 aromatic heterocycles. The minimum absolute atomic E-state index is 0.0853. The molecule has 8 heavy (non-hydrogen) atoms. The second-order valence-corrected chi connectivity index (χ2v) is 2.77. The first-order valence-electron chi connectivity index (χ1n) is 2.26. The molecule has 0 N–H and O–H groups in total. The summed E-state index contributed by atoms with van der Waals surface area (Å²) >= 11 is 1.10. The number of rotatable bonds is 0. The van der Waals surface area contributed by atoms with E-state index in [1.165, 1.54) is 0 Å². The minimum Gasteiger partial charge on any atom is -0.391 e. The highest BCUT2D eigenvalue weighted by molar-refractivity contribution is 8.14. The van der Waals surface area contributed by atoms with Gasteiger partial charge in [-0.05, 0) is 6.92 Å². The van der Waals surface area contributed by atoms with Crippen molar-refractivity contribution in [3.05, 3.63) is 0 Å². The first kappa shape index (κ1) is 5.88. The Balaban J connectivity index is 2.45. The average Bonchev–Trinajstić information content (AvgIpc) is 1.64. The highest BCUT2D eigenvalue weighted by atomic mass is 32.2. The highest BCUT2D eigenvalue weighted by Gasteiger charge is 2.13. The standard InChI is InChI=1S/C4H6FNOS/c1-3-6-7-2-4(5)8-3/h4H,2H2,1H3. The lowest BCUT2D eigenvalue weighted by Gasteiger charge is -2.10. The Bertz CT molecular complexity index is 117. The van der Waals surface area contributed by atoms with Gasteiger partial charge in [-0.1, -0.05) is 16.9 Å². The molecule has 2 nitrogen and oxygen atoms in total. The molecule has 1 aliphatic rings. The van der Waals surface area contributed by atoms with Gasteiger partial charge >= 0.3 is 0 Å². The van der Waals surface area contributed by atoms with Gasteiger partial charge < -0.3 is 4.84 Å². The number of hydrogen-bond acceptors (Lipinski definition) is 3. The van der Waals surface area contributed by atoms with Crippen LogP contribution in [0.25, 0.3) is 0 Å². The van der Waals surface area contributed by atoms with Crippen LogP contribution >= 0.6 is 11.8 Å². The Morgan fingerprint density at radius 2 is 2.75 bits per heavy atom. The topological polar surface area (TPSA) is 21.6 Å². The quantitative estimate of drug-likeness (QED) is 0.500. The third-order valence-electron chi connectivity index (χ3n) is 0.697. The Morgan fingerprint density at radius 1 is 2.00 bits per heavy atom. The molecule has 46 valence electrons. The fraction of sp³-hybridized carbons (Fsp3) is 0.750. The van der Waals surface area contributed by atoms with Crippen molar-refractivity contribution in [2.45, 2.75) is 12.4 Å². The average molecular weight is 135 g/mol. The van der Waals surface area contributed by atoms with Gasteiger partial charge in [-0.25, -0.2) is 4.39 Å². The fourth-order valence-electron chi connectivity index (χ4n) is 0.427. The summed E-state index contributed by atoms with van der Waals surface area (Å²) in [5.74, 6) is 0. The van der Waals surface area contributed by atoms with E-state index >= 15 is 0 Å². The Labute approximate surface area is 51.1 Å². The maximum Gasteiger partial charge on any atom is 0.188 e. The van der Waals surface area contributed by atoms with E-state index in [0.717, 1.165) is 11.8 Å². The van der Waals surface area contributed by atoms with Crippen LogP contribution in [-0.2, 0) is 4.84 Å². The lowest BCUT2D eigenvalue weighted by atomic mass is 10.8. The molecule has 0 fully saturated rings. The molecule has 1 unspecified atom stereocenters. The van der Waals surface area contributed by atoms with Crippen LogP contribution in [0.1, 0.15) is 6.92 Å². The summed E-state index contributed by atoms with van der Waals surface area (Å²) in [6.07, 6.45) is 0. The van der Waals surface area contributed by atoms with E-state index in [2.05, 4.69) is 9.99 Å². The predicted octanol–water partition coefficient (Wildman–Crippen LogP) is 1.38. The Kier molecular flexibility index (Phi) is 1.73. The summed E-state index contributed by atoms with van der Waals surface area (Å²) in [7, 11) is 0. The van der Waals surface area contributed by atoms with E-state index in [1.54, 1.807) is 6.92 Å². The third kappa shape index (κ3) is 1.36. The zero-order valence-electron chi connectivity index (χ0n) is 4.43. The largest absolute Gasteiger partial charge is 0.391 e. The van der Waals surface area contributed by atoms with Crippen molar-refractivity contribution >= 4 is 16.8 Å². The molecule has 1 heterocycles. The lowest BCUT2D eigenvalue weighted by molar-refractivity contribution is 0.114. The first-order chi connectivity index (χ1) is 3.79. The van der Waals surface area contributed by atoms with Gasteiger partial charge in [0.05, 0.1) is 0 Å². The second-order valence-electron chi connectivity index (χ2n) is 1.43. The smallest absolute Gasteiger partial charge is 0.188 e. The van der Waals surface area contributed by atoms with Gasteiger partial charge in [0, 0.05) is 0 Å². The lowest BCUT2D eigenvalue weighted by Crippen LogP contribution is -2.11. The van der Waals surface area contributed by atoms with Crippen LogP contribution in [0.15, 0.2) is 5.16 Å². The third-order valence-corrected chi connectivity index (χ3v) is 1.50. The van der Waals surface area contributed by atoms with E-state index in [4.69, 9.17) is 0 Å². The maximum atomic E-state index is 12.2. The van der Waals surface area contributed by atoms with E-state index in [9.17, 15) is 4.39 Å². The van der Waals surface area contributed by atoms with Crippen LogP contribution in [-0.4, -0.2) is 17.2 Å². The SMILES string of the molecule is CC1=NOCC(F)S1. The summed E-state index contributed by atoms with van der Waals surface area (Å²) in [5, 5.41) is 4.18. The number of thioether (sulfide) groups is 1. The fourth-order valence-corrected chi connectivity index (χ4v) is 1.02. The molecule has 0 saturated carbocycles. The van der Waals surface area contributed by atoms with Crippen molar-refractivity contribution in [2.75, 3.05) is 6.61 Å². The zero-order chi connectivity index (χ0) is 5.98. The van der Waals surface area contributed by atoms with E-state index in [1.807, 2.05) is 0 Å². The van der Waals surface area contributed by atoms with Crippen LogP contribution in [0.5, 0.6) is 0 Å². The van der Waals surface area contributed by atoms with Gasteiger partial charge in [-0.2, -0.15) is 0 Å². The van der Waals surface area contributed by atoms with Crippen LogP contribution < -0.4 is 0 Å². The van der Waals surface area contributed by atoms with Crippen molar-refractivity contribution in [3.8, 4) is 0 Å². The normalized spacial score (nSPS) is 28.8. The zero-order valence-corrected chi connectivity index (χ0v) is 5.24. The van der Waals surface area contributed by atoms with Gasteiger partial charge in [0.2, 0.25) is 0 Å². The molecular formula is C4H6FNOS. The molecular weight excluding hydrogens is 129 g/mol. The molecule has 0 aromatic carbocycles. The first-order valence-corrected chi connectivity index (χ1v) is 3.14. The molecule has 0 aromatic rings. The number of oxime groups is 1. The van der Waals surface area contributed by atoms with Gasteiger partial charge in [0.25, 0.3) is 0 Å².